The summed E-state index contributed by atoms with van der Waals surface area (Å²) in [5.74, 6) is -1.02. The van der Waals surface area contributed by atoms with Crippen molar-refractivity contribution >= 4 is 27.5 Å². The van der Waals surface area contributed by atoms with Gasteiger partial charge in [-0.15, -0.1) is 0 Å². The number of nitrogens with zero attached hydrogens (tertiary/aromatic N) is 1. The van der Waals surface area contributed by atoms with Crippen molar-refractivity contribution in [2.75, 3.05) is 13.1 Å². The van der Waals surface area contributed by atoms with Gasteiger partial charge in [-0.3, -0.25) is 4.79 Å². The lowest BCUT2D eigenvalue weighted by Crippen LogP contribution is -2.49. The summed E-state index contributed by atoms with van der Waals surface area (Å²) in [4.78, 5) is 13.9. The molecule has 0 saturated carbocycles. The highest BCUT2D eigenvalue weighted by Gasteiger charge is 2.28. The third kappa shape index (κ3) is 4.63. The van der Waals surface area contributed by atoms with Gasteiger partial charge < -0.3 is 9.32 Å². The van der Waals surface area contributed by atoms with Gasteiger partial charge in [0, 0.05) is 24.2 Å². The second kappa shape index (κ2) is 7.77. The lowest BCUT2D eigenvalue weighted by atomic mass is 10.1. The smallest absolute Gasteiger partial charge is 0.289 e. The van der Waals surface area contributed by atoms with E-state index in [1.807, 2.05) is 0 Å². The summed E-state index contributed by atoms with van der Waals surface area (Å²) in [7, 11) is -3.74. The first-order chi connectivity index (χ1) is 12.3. The number of nitrogens with one attached hydrogen (secondary N) is 1. The van der Waals surface area contributed by atoms with Crippen LogP contribution in [-0.4, -0.2) is 38.4 Å². The van der Waals surface area contributed by atoms with Crippen molar-refractivity contribution in [2.24, 2.45) is 0 Å². The van der Waals surface area contributed by atoms with Gasteiger partial charge >= 0.3 is 0 Å². The second-order valence-corrected chi connectivity index (χ2v) is 8.34. The fourth-order valence-electron chi connectivity index (χ4n) is 2.97. The highest BCUT2D eigenvalue weighted by Crippen LogP contribution is 2.20. The van der Waals surface area contributed by atoms with E-state index in [0.717, 1.165) is 6.07 Å². The topological polar surface area (TPSA) is 79.6 Å². The van der Waals surface area contributed by atoms with Crippen molar-refractivity contribution in [1.29, 1.82) is 0 Å². The predicted octanol–water partition coefficient (Wildman–Crippen LogP) is 2.80. The van der Waals surface area contributed by atoms with Gasteiger partial charge in [-0.1, -0.05) is 11.6 Å². The van der Waals surface area contributed by atoms with Gasteiger partial charge in [0.2, 0.25) is 10.0 Å². The van der Waals surface area contributed by atoms with Crippen molar-refractivity contribution < 1.29 is 22.0 Å². The van der Waals surface area contributed by atoms with Crippen molar-refractivity contribution in [1.82, 2.24) is 9.62 Å². The lowest BCUT2D eigenvalue weighted by molar-refractivity contribution is 0.0671. The number of piperidine rings is 1. The normalized spacial score (nSPS) is 18.1. The zero-order chi connectivity index (χ0) is 18.7. The van der Waals surface area contributed by atoms with E-state index in [-0.39, 0.29) is 28.8 Å². The minimum Gasteiger partial charge on any atom is -0.459 e. The molecule has 1 atom stereocenters. The van der Waals surface area contributed by atoms with Crippen LogP contribution in [-0.2, 0) is 15.8 Å². The zero-order valence-electron chi connectivity index (χ0n) is 13.8. The number of likely N-dealkylation sites (tertiary alicyclic amines) is 1. The number of carbonyl (C=O) groups excluding carboxylic acids is 1. The maximum absolute atomic E-state index is 13.3. The summed E-state index contributed by atoms with van der Waals surface area (Å²) in [6, 6.07) is 6.38. The van der Waals surface area contributed by atoms with Crippen LogP contribution in [0.15, 0.2) is 41.0 Å². The quantitative estimate of drug-likeness (QED) is 0.836. The van der Waals surface area contributed by atoms with Crippen LogP contribution >= 0.6 is 11.6 Å². The Balaban J connectivity index is 1.65. The van der Waals surface area contributed by atoms with Crippen LogP contribution in [0.3, 0.4) is 0 Å². The summed E-state index contributed by atoms with van der Waals surface area (Å²) in [5.41, 5.74) is 0.193. The van der Waals surface area contributed by atoms with E-state index >= 15 is 0 Å². The molecule has 3 rings (SSSR count). The Labute approximate surface area is 156 Å². The predicted molar refractivity (Wildman–Crippen MR) is 94.8 cm³/mol. The average Bonchev–Trinajstić information content (AvgIpc) is 3.11. The molecule has 6 nitrogen and oxygen atoms in total. The molecule has 0 spiro atoms. The molecule has 0 aliphatic carbocycles. The summed E-state index contributed by atoms with van der Waals surface area (Å²) in [5, 5.41) is 0.190. The van der Waals surface area contributed by atoms with E-state index in [0.29, 0.717) is 19.4 Å². The molecule has 26 heavy (non-hydrogen) atoms. The molecule has 1 saturated heterocycles. The van der Waals surface area contributed by atoms with Crippen molar-refractivity contribution in [3.63, 3.8) is 0 Å². The number of carbonyl (C=O) groups is 1. The molecule has 0 bridgehead atoms. The summed E-state index contributed by atoms with van der Waals surface area (Å²) < 4.78 is 45.9. The number of benzene rings is 1. The molecular weight excluding hydrogens is 383 g/mol. The van der Waals surface area contributed by atoms with Crippen molar-refractivity contribution in [2.45, 2.75) is 24.6 Å². The maximum atomic E-state index is 13.3. The first-order valence-corrected chi connectivity index (χ1v) is 10.1. The Morgan fingerprint density at radius 3 is 2.92 bits per heavy atom. The van der Waals surface area contributed by atoms with E-state index < -0.39 is 27.6 Å². The monoisotopic (exact) mass is 400 g/mol. The number of halogens is 2. The van der Waals surface area contributed by atoms with Crippen LogP contribution in [0, 0.1) is 5.82 Å². The largest absolute Gasteiger partial charge is 0.459 e. The van der Waals surface area contributed by atoms with Crippen LogP contribution in [0.1, 0.15) is 29.0 Å². The molecule has 1 unspecified atom stereocenters. The number of hydrogen-bond acceptors (Lipinski definition) is 4. The van der Waals surface area contributed by atoms with Gasteiger partial charge in [0.15, 0.2) is 5.76 Å². The Kier molecular flexibility index (Phi) is 5.64. The number of rotatable bonds is 5. The maximum Gasteiger partial charge on any atom is 0.289 e. The molecule has 9 heteroatoms. The summed E-state index contributed by atoms with van der Waals surface area (Å²) in [6.45, 7) is 0.781. The highest BCUT2D eigenvalue weighted by molar-refractivity contribution is 7.88. The Morgan fingerprint density at radius 2 is 2.19 bits per heavy atom. The summed E-state index contributed by atoms with van der Waals surface area (Å²) in [6.07, 6.45) is 2.69. The molecule has 1 aliphatic rings. The first kappa shape index (κ1) is 18.9. The van der Waals surface area contributed by atoms with E-state index in [1.54, 1.807) is 17.0 Å². The number of sulfonamides is 1. The molecule has 2 heterocycles. The van der Waals surface area contributed by atoms with E-state index in [1.165, 1.54) is 18.4 Å². The molecule has 2 aromatic rings. The molecule has 1 aromatic heterocycles. The van der Waals surface area contributed by atoms with Crippen LogP contribution in [0.5, 0.6) is 0 Å². The molecule has 1 aliphatic heterocycles. The highest BCUT2D eigenvalue weighted by atomic mass is 35.5. The molecule has 1 aromatic carbocycles. The second-order valence-electron chi connectivity index (χ2n) is 6.18. The van der Waals surface area contributed by atoms with Gasteiger partial charge in [-0.2, -0.15) is 0 Å². The average molecular weight is 401 g/mol. The van der Waals surface area contributed by atoms with E-state index in [2.05, 4.69) is 4.72 Å². The van der Waals surface area contributed by atoms with Crippen molar-refractivity contribution in [3.05, 3.63) is 58.8 Å². The summed E-state index contributed by atoms with van der Waals surface area (Å²) >= 11 is 5.94. The third-order valence-corrected chi connectivity index (χ3v) is 5.89. The van der Waals surface area contributed by atoms with Crippen LogP contribution in [0.25, 0.3) is 0 Å². The van der Waals surface area contributed by atoms with Gasteiger partial charge in [-0.25, -0.2) is 17.5 Å². The Bertz CT molecular complexity index is 886. The lowest BCUT2D eigenvalue weighted by Gasteiger charge is -2.32. The molecule has 1 fully saturated rings. The minimum atomic E-state index is -3.74. The molecule has 1 N–H and O–H groups in total. The van der Waals surface area contributed by atoms with Gasteiger partial charge in [0.05, 0.1) is 12.0 Å². The standard InChI is InChI=1S/C17H18ClFN2O4S/c18-15-6-5-13(19)9-12(15)11-26(23,24)20-14-3-1-7-21(10-14)17(22)16-4-2-8-25-16/h2,4-6,8-9,14,20H,1,3,7,10-11H2. The molecule has 140 valence electrons. The van der Waals surface area contributed by atoms with E-state index in [9.17, 15) is 17.6 Å². The fourth-order valence-corrected chi connectivity index (χ4v) is 4.66. The fraction of sp³-hybridized carbons (Fsp3) is 0.353. The minimum absolute atomic E-state index is 0.190. The van der Waals surface area contributed by atoms with Gasteiger partial charge in [0.25, 0.3) is 5.91 Å². The van der Waals surface area contributed by atoms with Crippen LogP contribution < -0.4 is 4.72 Å². The number of furan rings is 1. The first-order valence-electron chi connectivity index (χ1n) is 8.11. The molecule has 1 amide bonds. The van der Waals surface area contributed by atoms with Crippen molar-refractivity contribution in [3.8, 4) is 0 Å². The number of amides is 1. The molecular formula is C17H18ClFN2O4S. The Morgan fingerprint density at radius 1 is 1.38 bits per heavy atom. The number of hydrogen-bond donors (Lipinski definition) is 1. The van der Waals surface area contributed by atoms with Gasteiger partial charge in [0.1, 0.15) is 5.82 Å². The van der Waals surface area contributed by atoms with Crippen LogP contribution in [0.4, 0.5) is 4.39 Å². The molecule has 0 radical (unpaired) electrons. The van der Waals surface area contributed by atoms with Gasteiger partial charge in [-0.05, 0) is 48.7 Å². The third-order valence-electron chi connectivity index (χ3n) is 4.14. The van der Waals surface area contributed by atoms with Crippen LogP contribution in [0.2, 0.25) is 5.02 Å². The Hall–Kier alpha value is -1.90. The zero-order valence-corrected chi connectivity index (χ0v) is 15.4. The SMILES string of the molecule is O=C(c1ccco1)N1CCCC(NS(=O)(=O)Cc2cc(F)ccc2Cl)C1. The van der Waals surface area contributed by atoms with E-state index in [4.69, 9.17) is 16.0 Å².